The summed E-state index contributed by atoms with van der Waals surface area (Å²) in [5.74, 6) is 0. The molecule has 41 heavy (non-hydrogen) atoms. The van der Waals surface area contributed by atoms with Crippen LogP contribution < -0.4 is 4.90 Å². The molecule has 4 nitrogen and oxygen atoms in total. The van der Waals surface area contributed by atoms with Crippen LogP contribution in [-0.4, -0.2) is 20.8 Å². The molecule has 0 atom stereocenters. The van der Waals surface area contributed by atoms with Crippen molar-refractivity contribution >= 4 is 43.8 Å². The molecule has 8 rings (SSSR count). The third-order valence-corrected chi connectivity index (χ3v) is 7.62. The number of aromatic nitrogens is 2. The summed E-state index contributed by atoms with van der Waals surface area (Å²) >= 11 is 0. The fraction of sp³-hybridized carbons (Fsp3) is 0.111. The van der Waals surface area contributed by atoms with Crippen molar-refractivity contribution in [3.8, 4) is 11.3 Å². The number of para-hydroxylation sites is 2. The summed E-state index contributed by atoms with van der Waals surface area (Å²) in [6.45, 7) is 5.51. The molecule has 1 aliphatic rings. The zero-order valence-electron chi connectivity index (χ0n) is 22.9. The van der Waals surface area contributed by atoms with Gasteiger partial charge in [-0.3, -0.25) is 0 Å². The van der Waals surface area contributed by atoms with Crippen molar-refractivity contribution in [2.45, 2.75) is 19.8 Å². The van der Waals surface area contributed by atoms with Gasteiger partial charge in [0.2, 0.25) is 0 Å². The summed E-state index contributed by atoms with van der Waals surface area (Å²) in [5, 5.41) is 5.31. The van der Waals surface area contributed by atoms with Crippen LogP contribution in [-0.2, 0) is 20.1 Å². The van der Waals surface area contributed by atoms with Crippen LogP contribution >= 0.6 is 0 Å². The SMILES string of the molecule is CCCCN1C=CN(c2ccc3c(c2)c2cccc4c5ccccc5n3c42)[CH-]1.[Ir].[c-]1ccccc1-c1ccccn1. The minimum Gasteiger partial charge on any atom is -0.508 e. The number of unbranched alkanes of at least 4 members (excludes halogenated alkanes) is 1. The van der Waals surface area contributed by atoms with Crippen LogP contribution in [0.25, 0.3) is 49.4 Å². The van der Waals surface area contributed by atoms with Gasteiger partial charge in [-0.1, -0.05) is 61.9 Å². The van der Waals surface area contributed by atoms with Gasteiger partial charge < -0.3 is 19.2 Å². The van der Waals surface area contributed by atoms with E-state index in [9.17, 15) is 0 Å². The van der Waals surface area contributed by atoms with Gasteiger partial charge in [0.15, 0.2) is 0 Å². The van der Waals surface area contributed by atoms with E-state index in [1.807, 2.05) is 42.5 Å². The van der Waals surface area contributed by atoms with E-state index < -0.39 is 0 Å². The van der Waals surface area contributed by atoms with Gasteiger partial charge in [0.1, 0.15) is 0 Å². The molecule has 0 saturated heterocycles. The fourth-order valence-electron chi connectivity index (χ4n) is 5.68. The van der Waals surface area contributed by atoms with E-state index in [-0.39, 0.29) is 20.1 Å². The molecule has 1 radical (unpaired) electrons. The third kappa shape index (κ3) is 4.97. The van der Waals surface area contributed by atoms with Gasteiger partial charge in [0.05, 0.1) is 16.6 Å². The molecule has 0 aliphatic carbocycles. The summed E-state index contributed by atoms with van der Waals surface area (Å²) in [6.07, 6.45) is 8.54. The number of hydrogen-bond acceptors (Lipinski definition) is 3. The van der Waals surface area contributed by atoms with Crippen molar-refractivity contribution in [1.29, 1.82) is 0 Å². The number of rotatable bonds is 5. The fourth-order valence-corrected chi connectivity index (χ4v) is 5.68. The van der Waals surface area contributed by atoms with E-state index in [0.717, 1.165) is 17.8 Å². The molecule has 3 aromatic heterocycles. The number of fused-ring (bicyclic) bond motifs is 6. The maximum absolute atomic E-state index is 4.22. The number of anilines is 1. The van der Waals surface area contributed by atoms with Crippen LogP contribution in [0.15, 0.2) is 122 Å². The Hall–Kier alpha value is -4.18. The van der Waals surface area contributed by atoms with Crippen molar-refractivity contribution < 1.29 is 20.1 Å². The summed E-state index contributed by atoms with van der Waals surface area (Å²) in [5.41, 5.74) is 7.12. The molecule has 0 N–H and O–H groups in total. The molecule has 4 heterocycles. The quantitative estimate of drug-likeness (QED) is 0.167. The Balaban J connectivity index is 0.000000196. The van der Waals surface area contributed by atoms with Gasteiger partial charge in [-0.25, -0.2) is 0 Å². The Labute approximate surface area is 254 Å². The first-order valence-electron chi connectivity index (χ1n) is 13.9. The second-order valence-electron chi connectivity index (χ2n) is 10.2. The maximum Gasteiger partial charge on any atom is 0.0620 e. The van der Waals surface area contributed by atoms with Crippen LogP contribution in [0.1, 0.15) is 19.8 Å². The predicted octanol–water partition coefficient (Wildman–Crippen LogP) is 8.90. The van der Waals surface area contributed by atoms with Gasteiger partial charge in [-0.15, -0.1) is 35.9 Å². The monoisotopic (exact) mass is 711 g/mol. The van der Waals surface area contributed by atoms with Crippen molar-refractivity contribution in [1.82, 2.24) is 14.3 Å². The predicted molar refractivity (Wildman–Crippen MR) is 167 cm³/mol. The maximum atomic E-state index is 4.22. The number of pyridine rings is 1. The summed E-state index contributed by atoms with van der Waals surface area (Å²) in [7, 11) is 0. The molecule has 0 bridgehead atoms. The third-order valence-electron chi connectivity index (χ3n) is 7.62. The standard InChI is InChI=1S/C25H22N3.C11H8N.Ir/c1-2-3-13-26-14-15-27(17-26)18-11-12-24-22(16-18)21-9-6-8-20-19-7-4-5-10-23(19)28(24)25(20)21;1-2-6-10(7-3-1)11-8-4-5-9-12-11;/h4-12,14-17H,2-3,13H2,1H3;1-6,8-9H;/q2*-1;. The molecule has 1 aliphatic heterocycles. The summed E-state index contributed by atoms with van der Waals surface area (Å²) < 4.78 is 2.43. The van der Waals surface area contributed by atoms with E-state index in [4.69, 9.17) is 0 Å². The second kappa shape index (κ2) is 11.7. The molecular formula is C36H30IrN4-2. The first kappa shape index (κ1) is 27.0. The van der Waals surface area contributed by atoms with Crippen molar-refractivity contribution in [3.63, 3.8) is 0 Å². The van der Waals surface area contributed by atoms with Crippen molar-refractivity contribution in [3.05, 3.63) is 134 Å². The number of nitrogens with zero attached hydrogens (tertiary/aromatic N) is 4. The molecule has 0 amide bonds. The first-order valence-corrected chi connectivity index (χ1v) is 13.9. The Morgan fingerprint density at radius 1 is 0.756 bits per heavy atom. The zero-order valence-corrected chi connectivity index (χ0v) is 25.3. The van der Waals surface area contributed by atoms with Crippen LogP contribution in [0, 0.1) is 12.7 Å². The van der Waals surface area contributed by atoms with E-state index in [0.29, 0.717) is 0 Å². The molecule has 0 unspecified atom stereocenters. The van der Waals surface area contributed by atoms with Crippen molar-refractivity contribution in [2.75, 3.05) is 11.4 Å². The average Bonchev–Trinajstić information content (AvgIpc) is 3.73. The molecule has 0 spiro atoms. The summed E-state index contributed by atoms with van der Waals surface area (Å²) in [6, 6.07) is 39.0. The van der Waals surface area contributed by atoms with Gasteiger partial charge >= 0.3 is 0 Å². The van der Waals surface area contributed by atoms with Gasteiger partial charge in [-0.2, -0.15) is 6.67 Å². The molecule has 7 aromatic rings. The topological polar surface area (TPSA) is 23.8 Å². The van der Waals surface area contributed by atoms with E-state index in [1.54, 1.807) is 6.20 Å². The van der Waals surface area contributed by atoms with E-state index in [2.05, 4.69) is 112 Å². The molecule has 0 saturated carbocycles. The van der Waals surface area contributed by atoms with Crippen LogP contribution in [0.5, 0.6) is 0 Å². The van der Waals surface area contributed by atoms with E-state index in [1.165, 1.54) is 56.6 Å². The Morgan fingerprint density at radius 2 is 1.54 bits per heavy atom. The molecule has 0 fully saturated rings. The minimum atomic E-state index is 0. The van der Waals surface area contributed by atoms with Crippen molar-refractivity contribution in [2.24, 2.45) is 0 Å². The summed E-state index contributed by atoms with van der Waals surface area (Å²) in [4.78, 5) is 8.71. The van der Waals surface area contributed by atoms with Gasteiger partial charge in [-0.05, 0) is 61.4 Å². The number of benzene rings is 4. The zero-order chi connectivity index (χ0) is 26.9. The molecule has 4 aromatic carbocycles. The second-order valence-corrected chi connectivity index (χ2v) is 10.2. The normalized spacial score (nSPS) is 12.8. The first-order chi connectivity index (χ1) is 19.8. The van der Waals surface area contributed by atoms with Gasteiger partial charge in [0, 0.05) is 53.5 Å². The van der Waals surface area contributed by atoms with Crippen LogP contribution in [0.4, 0.5) is 5.69 Å². The number of hydrogen-bond donors (Lipinski definition) is 0. The Morgan fingerprint density at radius 3 is 2.34 bits per heavy atom. The Kier molecular flexibility index (Phi) is 7.73. The van der Waals surface area contributed by atoms with Gasteiger partial charge in [0.25, 0.3) is 0 Å². The average molecular weight is 711 g/mol. The Bertz CT molecular complexity index is 1890. The molecule has 205 valence electrons. The molecular weight excluding hydrogens is 681 g/mol. The minimum absolute atomic E-state index is 0. The van der Waals surface area contributed by atoms with E-state index >= 15 is 0 Å². The van der Waals surface area contributed by atoms with Crippen LogP contribution in [0.2, 0.25) is 0 Å². The largest absolute Gasteiger partial charge is 0.508 e. The smallest absolute Gasteiger partial charge is 0.0620 e. The molecule has 5 heteroatoms. The van der Waals surface area contributed by atoms with Crippen LogP contribution in [0.3, 0.4) is 0 Å².